The molecule has 2 atom stereocenters. The number of carbonyl (C=O) groups excluding carboxylic acids is 2. The highest BCUT2D eigenvalue weighted by molar-refractivity contribution is 5.97. The van der Waals surface area contributed by atoms with Crippen LogP contribution in [-0.4, -0.2) is 51.8 Å². The van der Waals surface area contributed by atoms with Crippen LogP contribution in [0.1, 0.15) is 16.8 Å². The normalized spacial score (nSPS) is 20.3. The van der Waals surface area contributed by atoms with Crippen LogP contribution in [-0.2, 0) is 9.53 Å². The van der Waals surface area contributed by atoms with E-state index in [0.29, 0.717) is 30.0 Å². The van der Waals surface area contributed by atoms with Crippen LogP contribution in [0.4, 0.5) is 0 Å². The van der Waals surface area contributed by atoms with Gasteiger partial charge in [0.15, 0.2) is 0 Å². The topological polar surface area (TPSA) is 85.9 Å². The zero-order valence-corrected chi connectivity index (χ0v) is 12.8. The summed E-state index contributed by atoms with van der Waals surface area (Å²) in [7, 11) is 4.39. The molecule has 0 spiro atoms. The van der Waals surface area contributed by atoms with Crippen molar-refractivity contribution in [3.8, 4) is 11.5 Å². The van der Waals surface area contributed by atoms with Crippen molar-refractivity contribution in [2.45, 2.75) is 18.5 Å². The van der Waals surface area contributed by atoms with Crippen LogP contribution in [0.2, 0.25) is 0 Å². The molecule has 0 bridgehead atoms. The van der Waals surface area contributed by atoms with Crippen molar-refractivity contribution >= 4 is 11.9 Å². The van der Waals surface area contributed by atoms with Crippen molar-refractivity contribution in [2.24, 2.45) is 0 Å². The summed E-state index contributed by atoms with van der Waals surface area (Å²) in [4.78, 5) is 23.8. The first-order chi connectivity index (χ1) is 10.6. The van der Waals surface area contributed by atoms with Gasteiger partial charge < -0.3 is 24.8 Å². The highest BCUT2D eigenvalue weighted by Crippen LogP contribution is 2.24. The number of hydrogen-bond donors (Lipinski definition) is 2. The van der Waals surface area contributed by atoms with Gasteiger partial charge in [-0.15, -0.1) is 0 Å². The second kappa shape index (κ2) is 7.13. The summed E-state index contributed by atoms with van der Waals surface area (Å²) in [6, 6.07) is 4.48. The quantitative estimate of drug-likeness (QED) is 0.763. The zero-order chi connectivity index (χ0) is 16.1. The number of amides is 1. The first-order valence-corrected chi connectivity index (χ1v) is 6.93. The number of carbonyl (C=O) groups is 2. The third kappa shape index (κ3) is 3.48. The molecule has 1 aromatic rings. The minimum Gasteiger partial charge on any atom is -0.497 e. The summed E-state index contributed by atoms with van der Waals surface area (Å²) < 4.78 is 15.0. The Balaban J connectivity index is 2.02. The van der Waals surface area contributed by atoms with Crippen LogP contribution in [0.3, 0.4) is 0 Å². The van der Waals surface area contributed by atoms with Crippen molar-refractivity contribution in [3.63, 3.8) is 0 Å². The molecule has 1 saturated heterocycles. The minimum atomic E-state index is -0.381. The summed E-state index contributed by atoms with van der Waals surface area (Å²) in [6.07, 6.45) is 0.497. The van der Waals surface area contributed by atoms with E-state index in [1.54, 1.807) is 25.3 Å². The lowest BCUT2D eigenvalue weighted by Crippen LogP contribution is -2.36. The van der Waals surface area contributed by atoms with Crippen LogP contribution in [0.5, 0.6) is 11.5 Å². The molecule has 2 rings (SSSR count). The largest absolute Gasteiger partial charge is 0.497 e. The fourth-order valence-electron chi connectivity index (χ4n) is 2.42. The second-order valence-corrected chi connectivity index (χ2v) is 4.96. The molecular formula is C15H20N2O5. The van der Waals surface area contributed by atoms with E-state index < -0.39 is 0 Å². The lowest BCUT2D eigenvalue weighted by molar-refractivity contribution is -0.142. The molecular weight excluding hydrogens is 288 g/mol. The van der Waals surface area contributed by atoms with Gasteiger partial charge in [0, 0.05) is 18.7 Å². The van der Waals surface area contributed by atoms with Crippen molar-refractivity contribution in [2.75, 3.05) is 27.9 Å². The zero-order valence-electron chi connectivity index (χ0n) is 12.8. The van der Waals surface area contributed by atoms with Gasteiger partial charge in [-0.3, -0.25) is 9.59 Å². The maximum Gasteiger partial charge on any atom is 0.322 e. The molecule has 120 valence electrons. The van der Waals surface area contributed by atoms with Crippen molar-refractivity contribution in [1.29, 1.82) is 0 Å². The molecule has 0 saturated carbocycles. The van der Waals surface area contributed by atoms with Crippen LogP contribution in [0.15, 0.2) is 18.2 Å². The Kier molecular flexibility index (Phi) is 5.21. The van der Waals surface area contributed by atoms with E-state index in [0.717, 1.165) is 0 Å². The molecule has 1 fully saturated rings. The molecule has 1 aromatic carbocycles. The molecule has 1 aliphatic rings. The molecule has 22 heavy (non-hydrogen) atoms. The van der Waals surface area contributed by atoms with Crippen molar-refractivity contribution in [1.82, 2.24) is 10.6 Å². The number of esters is 1. The molecule has 0 unspecified atom stereocenters. The summed E-state index contributed by atoms with van der Waals surface area (Å²) in [5.74, 6) is 0.476. The average molecular weight is 308 g/mol. The first kappa shape index (κ1) is 16.1. The van der Waals surface area contributed by atoms with Crippen molar-refractivity contribution < 1.29 is 23.8 Å². The van der Waals surface area contributed by atoms with Gasteiger partial charge in [0.1, 0.15) is 17.5 Å². The van der Waals surface area contributed by atoms with Crippen LogP contribution >= 0.6 is 0 Å². The number of nitrogens with one attached hydrogen (secondary N) is 2. The molecule has 0 radical (unpaired) electrons. The summed E-state index contributed by atoms with van der Waals surface area (Å²) in [6.45, 7) is 0.518. The molecule has 0 aromatic heterocycles. The highest BCUT2D eigenvalue weighted by Gasteiger charge is 2.31. The molecule has 7 nitrogen and oxygen atoms in total. The van der Waals surface area contributed by atoms with Gasteiger partial charge in [0.25, 0.3) is 5.91 Å². The monoisotopic (exact) mass is 308 g/mol. The van der Waals surface area contributed by atoms with Gasteiger partial charge in [-0.1, -0.05) is 0 Å². The van der Waals surface area contributed by atoms with Crippen LogP contribution in [0.25, 0.3) is 0 Å². The maximum absolute atomic E-state index is 12.4. The number of benzene rings is 1. The Morgan fingerprint density at radius 2 is 2.00 bits per heavy atom. The second-order valence-electron chi connectivity index (χ2n) is 4.96. The molecule has 1 aliphatic heterocycles. The van der Waals surface area contributed by atoms with Gasteiger partial charge in [-0.25, -0.2) is 0 Å². The third-order valence-corrected chi connectivity index (χ3v) is 3.61. The van der Waals surface area contributed by atoms with E-state index >= 15 is 0 Å². The molecule has 7 heteroatoms. The van der Waals surface area contributed by atoms with Crippen LogP contribution < -0.4 is 20.1 Å². The van der Waals surface area contributed by atoms with E-state index in [4.69, 9.17) is 9.47 Å². The smallest absolute Gasteiger partial charge is 0.322 e. The van der Waals surface area contributed by atoms with Crippen LogP contribution in [0, 0.1) is 0 Å². The number of ether oxygens (including phenoxy) is 3. The van der Waals surface area contributed by atoms with E-state index in [-0.39, 0.29) is 24.0 Å². The number of rotatable bonds is 5. The van der Waals surface area contributed by atoms with Gasteiger partial charge in [-0.05, 0) is 18.6 Å². The number of methoxy groups -OCH3 is 3. The number of hydrogen-bond acceptors (Lipinski definition) is 6. The van der Waals surface area contributed by atoms with Gasteiger partial charge >= 0.3 is 5.97 Å². The average Bonchev–Trinajstić information content (AvgIpc) is 3.01. The van der Waals surface area contributed by atoms with Crippen molar-refractivity contribution in [3.05, 3.63) is 23.8 Å². The Hall–Kier alpha value is -2.28. The third-order valence-electron chi connectivity index (χ3n) is 3.61. The van der Waals surface area contributed by atoms with Gasteiger partial charge in [0.05, 0.1) is 26.9 Å². The molecule has 0 aliphatic carbocycles. The van der Waals surface area contributed by atoms with E-state index in [9.17, 15) is 9.59 Å². The Morgan fingerprint density at radius 1 is 1.23 bits per heavy atom. The first-order valence-electron chi connectivity index (χ1n) is 6.93. The summed E-state index contributed by atoms with van der Waals surface area (Å²) in [5.41, 5.74) is 0.421. The maximum atomic E-state index is 12.4. The molecule has 1 heterocycles. The molecule has 2 N–H and O–H groups in total. The lowest BCUT2D eigenvalue weighted by atomic mass is 10.1. The fourth-order valence-corrected chi connectivity index (χ4v) is 2.42. The predicted molar refractivity (Wildman–Crippen MR) is 79.2 cm³/mol. The standard InChI is InChI=1S/C15H20N2O5/c1-20-10-4-5-11(13(7-10)21-2)14(18)17-9-6-12(16-8-9)15(19)22-3/h4-5,7,9,12,16H,6,8H2,1-3H3,(H,17,18)/t9-,12-/m0/s1. The minimum absolute atomic E-state index is 0.136. The summed E-state index contributed by atoms with van der Waals surface area (Å²) in [5, 5.41) is 5.91. The van der Waals surface area contributed by atoms with E-state index in [1.165, 1.54) is 14.2 Å². The predicted octanol–water partition coefficient (Wildman–Crippen LogP) is 0.337. The fraction of sp³-hybridized carbons (Fsp3) is 0.467. The van der Waals surface area contributed by atoms with E-state index in [1.807, 2.05) is 0 Å². The van der Waals surface area contributed by atoms with Gasteiger partial charge in [-0.2, -0.15) is 0 Å². The highest BCUT2D eigenvalue weighted by atomic mass is 16.5. The van der Waals surface area contributed by atoms with Gasteiger partial charge in [0.2, 0.25) is 0 Å². The Labute approximate surface area is 128 Å². The summed E-state index contributed by atoms with van der Waals surface area (Å²) >= 11 is 0. The lowest BCUT2D eigenvalue weighted by Gasteiger charge is -2.14. The SMILES string of the molecule is COC(=O)[C@@H]1C[C@H](NC(=O)c2ccc(OC)cc2OC)CN1. The molecule has 1 amide bonds. The van der Waals surface area contributed by atoms with E-state index in [2.05, 4.69) is 15.4 Å². The Morgan fingerprint density at radius 3 is 2.64 bits per heavy atom. The Bertz CT molecular complexity index is 561.